The fourth-order valence-corrected chi connectivity index (χ4v) is 4.08. The Morgan fingerprint density at radius 2 is 1.87 bits per heavy atom. The minimum Gasteiger partial charge on any atom is -0.435 e. The number of aliphatic imine (C=N–C) groups is 1. The molecule has 3 N–H and O–H groups in total. The average Bonchev–Trinajstić information content (AvgIpc) is 2.67. The first-order valence-corrected chi connectivity index (χ1v) is 11.3. The number of rotatable bonds is 9. The molecule has 0 saturated carbocycles. The maximum Gasteiger partial charge on any atom is 0.387 e. The number of halogens is 3. The monoisotopic (exact) mass is 562 g/mol. The Morgan fingerprint density at radius 1 is 1.23 bits per heavy atom. The molecule has 2 rings (SSSR count). The van der Waals surface area contributed by atoms with E-state index in [1.807, 2.05) is 6.92 Å². The average molecular weight is 562 g/mol. The summed E-state index contributed by atoms with van der Waals surface area (Å²) in [5.74, 6) is 0.942. The molecule has 0 spiro atoms. The van der Waals surface area contributed by atoms with Gasteiger partial charge in [0, 0.05) is 32.7 Å². The van der Waals surface area contributed by atoms with Crippen LogP contribution in [-0.4, -0.2) is 81.8 Å². The van der Waals surface area contributed by atoms with Crippen LogP contribution >= 0.6 is 24.0 Å². The van der Waals surface area contributed by atoms with Crippen molar-refractivity contribution in [3.63, 3.8) is 0 Å². The van der Waals surface area contributed by atoms with E-state index in [-0.39, 0.29) is 47.8 Å². The third-order valence-electron chi connectivity index (χ3n) is 4.41. The number of aliphatic hydroxyl groups excluding tert-OH is 1. The Labute approximate surface area is 193 Å². The number of nitrogens with one attached hydrogen (secondary N) is 2. The molecule has 1 aromatic rings. The molecule has 1 aromatic carbocycles. The first kappa shape index (κ1) is 26.8. The van der Waals surface area contributed by atoms with Gasteiger partial charge in [0.1, 0.15) is 5.75 Å². The second-order valence-electron chi connectivity index (χ2n) is 6.60. The van der Waals surface area contributed by atoms with E-state index in [1.165, 1.54) is 24.3 Å². The lowest BCUT2D eigenvalue weighted by molar-refractivity contribution is -0.0498. The summed E-state index contributed by atoms with van der Waals surface area (Å²) in [7, 11) is -2.89. The first-order valence-electron chi connectivity index (χ1n) is 9.47. The number of hydrogen-bond acceptors (Lipinski definition) is 6. The maximum absolute atomic E-state index is 12.2. The third kappa shape index (κ3) is 9.71. The SMILES string of the molecule is CCNC(=NCC(O)c1ccc(OC(F)F)cc1)NCCN1CCS(=O)(=O)CC1.I. The van der Waals surface area contributed by atoms with Gasteiger partial charge in [-0.3, -0.25) is 9.89 Å². The Morgan fingerprint density at radius 3 is 2.43 bits per heavy atom. The number of alkyl halides is 2. The van der Waals surface area contributed by atoms with Crippen LogP contribution in [0.15, 0.2) is 29.3 Å². The minimum atomic E-state index is -2.89. The van der Waals surface area contributed by atoms with Crippen LogP contribution in [0.5, 0.6) is 5.75 Å². The van der Waals surface area contributed by atoms with E-state index in [1.54, 1.807) is 0 Å². The van der Waals surface area contributed by atoms with Crippen LogP contribution in [0.4, 0.5) is 8.78 Å². The number of sulfone groups is 1. The molecule has 0 radical (unpaired) electrons. The highest BCUT2D eigenvalue weighted by molar-refractivity contribution is 14.0. The molecule has 1 fully saturated rings. The van der Waals surface area contributed by atoms with Crippen LogP contribution in [0, 0.1) is 0 Å². The topological polar surface area (TPSA) is 103 Å². The zero-order valence-corrected chi connectivity index (χ0v) is 19.9. The summed E-state index contributed by atoms with van der Waals surface area (Å²) in [5.41, 5.74) is 0.542. The lowest BCUT2D eigenvalue weighted by Crippen LogP contribution is -2.46. The van der Waals surface area contributed by atoms with Crippen molar-refractivity contribution in [2.24, 2.45) is 4.99 Å². The Balaban J connectivity index is 0.00000450. The Hall–Kier alpha value is -1.25. The van der Waals surface area contributed by atoms with E-state index in [0.29, 0.717) is 44.2 Å². The minimum absolute atomic E-state index is 0. The smallest absolute Gasteiger partial charge is 0.387 e. The number of aliphatic hydroxyl groups is 1. The fraction of sp³-hybridized carbons (Fsp3) is 0.611. The van der Waals surface area contributed by atoms with Gasteiger partial charge in [-0.1, -0.05) is 12.1 Å². The van der Waals surface area contributed by atoms with Gasteiger partial charge in [-0.25, -0.2) is 8.42 Å². The van der Waals surface area contributed by atoms with Gasteiger partial charge in [0.05, 0.1) is 24.2 Å². The van der Waals surface area contributed by atoms with Crippen molar-refractivity contribution < 1.29 is 27.0 Å². The Bertz CT molecular complexity index is 752. The summed E-state index contributed by atoms with van der Waals surface area (Å²) in [6.07, 6.45) is -0.890. The molecule has 1 atom stereocenters. The van der Waals surface area contributed by atoms with Crippen LogP contribution in [0.2, 0.25) is 0 Å². The molecule has 8 nitrogen and oxygen atoms in total. The van der Waals surface area contributed by atoms with E-state index in [0.717, 1.165) is 0 Å². The molecule has 0 aliphatic carbocycles. The second kappa shape index (κ2) is 13.2. The molecule has 1 aliphatic heterocycles. The van der Waals surface area contributed by atoms with Gasteiger partial charge in [-0.05, 0) is 24.6 Å². The summed E-state index contributed by atoms with van der Waals surface area (Å²) >= 11 is 0. The highest BCUT2D eigenvalue weighted by Crippen LogP contribution is 2.19. The van der Waals surface area contributed by atoms with Crippen molar-refractivity contribution in [2.45, 2.75) is 19.6 Å². The van der Waals surface area contributed by atoms with E-state index >= 15 is 0 Å². The van der Waals surface area contributed by atoms with Crippen molar-refractivity contribution in [1.82, 2.24) is 15.5 Å². The molecule has 1 unspecified atom stereocenters. The van der Waals surface area contributed by atoms with Crippen LogP contribution in [-0.2, 0) is 9.84 Å². The fourth-order valence-electron chi connectivity index (χ4n) is 2.80. The van der Waals surface area contributed by atoms with E-state index in [9.17, 15) is 22.3 Å². The molecule has 12 heteroatoms. The molecule has 0 amide bonds. The molecular formula is C18H29F2IN4O4S. The van der Waals surface area contributed by atoms with Gasteiger partial charge in [0.15, 0.2) is 15.8 Å². The van der Waals surface area contributed by atoms with Gasteiger partial charge >= 0.3 is 6.61 Å². The predicted molar refractivity (Wildman–Crippen MR) is 123 cm³/mol. The lowest BCUT2D eigenvalue weighted by atomic mass is 10.1. The lowest BCUT2D eigenvalue weighted by Gasteiger charge is -2.26. The van der Waals surface area contributed by atoms with Gasteiger partial charge in [-0.15, -0.1) is 24.0 Å². The summed E-state index contributed by atoms with van der Waals surface area (Å²) in [6, 6.07) is 5.78. The highest BCUT2D eigenvalue weighted by Gasteiger charge is 2.21. The number of benzene rings is 1. The molecule has 172 valence electrons. The van der Waals surface area contributed by atoms with Crippen molar-refractivity contribution >= 4 is 39.8 Å². The van der Waals surface area contributed by atoms with Crippen molar-refractivity contribution in [2.75, 3.05) is 50.8 Å². The third-order valence-corrected chi connectivity index (χ3v) is 6.02. The number of ether oxygens (including phenoxy) is 1. The second-order valence-corrected chi connectivity index (χ2v) is 8.91. The van der Waals surface area contributed by atoms with E-state index < -0.39 is 22.6 Å². The van der Waals surface area contributed by atoms with Crippen LogP contribution in [0.25, 0.3) is 0 Å². The summed E-state index contributed by atoms with van der Waals surface area (Å²) in [6.45, 7) is 2.10. The molecule has 1 heterocycles. The number of nitrogens with zero attached hydrogens (tertiary/aromatic N) is 2. The molecular weight excluding hydrogens is 533 g/mol. The van der Waals surface area contributed by atoms with Crippen LogP contribution in [0.3, 0.4) is 0 Å². The highest BCUT2D eigenvalue weighted by atomic mass is 127. The molecule has 1 saturated heterocycles. The maximum atomic E-state index is 12.2. The van der Waals surface area contributed by atoms with E-state index in [4.69, 9.17) is 0 Å². The van der Waals surface area contributed by atoms with Gasteiger partial charge in [-0.2, -0.15) is 8.78 Å². The predicted octanol–water partition coefficient (Wildman–Crippen LogP) is 1.22. The van der Waals surface area contributed by atoms with Crippen molar-refractivity contribution in [3.05, 3.63) is 29.8 Å². The Kier molecular flexibility index (Phi) is 11.8. The summed E-state index contributed by atoms with van der Waals surface area (Å²) < 4.78 is 51.6. The molecule has 0 aromatic heterocycles. The van der Waals surface area contributed by atoms with E-state index in [2.05, 4.69) is 25.3 Å². The van der Waals surface area contributed by atoms with Gasteiger partial charge in [0.2, 0.25) is 0 Å². The normalized spacial score (nSPS) is 17.8. The van der Waals surface area contributed by atoms with Crippen LogP contribution in [0.1, 0.15) is 18.6 Å². The number of guanidine groups is 1. The molecule has 0 bridgehead atoms. The first-order chi connectivity index (χ1) is 13.8. The molecule has 1 aliphatic rings. The van der Waals surface area contributed by atoms with Crippen molar-refractivity contribution in [1.29, 1.82) is 0 Å². The van der Waals surface area contributed by atoms with Gasteiger partial charge < -0.3 is 20.5 Å². The summed E-state index contributed by atoms with van der Waals surface area (Å²) in [5, 5.41) is 16.5. The van der Waals surface area contributed by atoms with Crippen molar-refractivity contribution in [3.8, 4) is 5.75 Å². The van der Waals surface area contributed by atoms with Gasteiger partial charge in [0.25, 0.3) is 0 Å². The largest absolute Gasteiger partial charge is 0.435 e. The quantitative estimate of drug-likeness (QED) is 0.237. The summed E-state index contributed by atoms with van der Waals surface area (Å²) in [4.78, 5) is 6.42. The number of hydrogen-bond donors (Lipinski definition) is 3. The zero-order valence-electron chi connectivity index (χ0n) is 16.8. The standard InChI is InChI=1S/C18H28F2N4O4S.HI/c1-2-21-18(22-7-8-24-9-11-29(26,27)12-10-24)23-13-16(25)14-3-5-15(6-4-14)28-17(19)20;/h3-6,16-17,25H,2,7-13H2,1H3,(H2,21,22,23);1H. The van der Waals surface area contributed by atoms with Crippen LogP contribution < -0.4 is 15.4 Å². The zero-order chi connectivity index (χ0) is 21.3. The molecule has 30 heavy (non-hydrogen) atoms.